The van der Waals surface area contributed by atoms with E-state index in [2.05, 4.69) is 5.10 Å². The second-order valence-corrected chi connectivity index (χ2v) is 7.61. The van der Waals surface area contributed by atoms with E-state index < -0.39 is 0 Å². The Labute approximate surface area is 179 Å². The first-order valence-electron chi connectivity index (χ1n) is 8.76. The van der Waals surface area contributed by atoms with Gasteiger partial charge in [0.1, 0.15) is 12.2 Å². The molecule has 0 saturated heterocycles. The summed E-state index contributed by atoms with van der Waals surface area (Å²) in [6.07, 6.45) is 1.51. The highest BCUT2D eigenvalue weighted by molar-refractivity contribution is 6.39. The van der Waals surface area contributed by atoms with Gasteiger partial charge in [0.2, 0.25) is 11.7 Å². The number of benzene rings is 2. The minimum atomic E-state index is -0.251. The maximum atomic E-state index is 13.2. The molecule has 0 bridgehead atoms. The van der Waals surface area contributed by atoms with Crippen molar-refractivity contribution >= 4 is 40.6 Å². The molecule has 3 aromatic rings. The van der Waals surface area contributed by atoms with Gasteiger partial charge in [-0.05, 0) is 55.7 Å². The third-order valence-corrected chi connectivity index (χ3v) is 5.79. The van der Waals surface area contributed by atoms with Gasteiger partial charge in [-0.15, -0.1) is 0 Å². The van der Waals surface area contributed by atoms with Crippen LogP contribution in [0.2, 0.25) is 15.1 Å². The molecule has 3 rings (SSSR count). The number of hydrogen-bond acceptors (Lipinski definition) is 3. The van der Waals surface area contributed by atoms with Gasteiger partial charge in [-0.1, -0.05) is 46.9 Å². The van der Waals surface area contributed by atoms with Crippen LogP contribution in [0.25, 0.3) is 0 Å². The fourth-order valence-corrected chi connectivity index (χ4v) is 3.45. The van der Waals surface area contributed by atoms with E-state index in [-0.39, 0.29) is 12.4 Å². The molecule has 1 aromatic heterocycles. The molecule has 1 heterocycles. The Bertz CT molecular complexity index is 1030. The second kappa shape index (κ2) is 8.56. The van der Waals surface area contributed by atoms with Gasteiger partial charge in [0, 0.05) is 22.2 Å². The highest BCUT2D eigenvalue weighted by Crippen LogP contribution is 2.33. The van der Waals surface area contributed by atoms with E-state index in [1.54, 1.807) is 29.8 Å². The predicted octanol–water partition coefficient (Wildman–Crippen LogP) is 6.29. The standard InChI is InChI=1S/C21H19Cl3N2O2/c1-4-26-21(28-11-14-5-7-15(22)8-6-14)17(10-25-26)20(27)16-9-12(2)18(23)13(3)19(16)24/h5-10H,4,11H2,1-3H3. The van der Waals surface area contributed by atoms with Gasteiger partial charge in [-0.3, -0.25) is 4.79 Å². The molecule has 0 spiro atoms. The zero-order valence-electron chi connectivity index (χ0n) is 15.7. The normalized spacial score (nSPS) is 10.9. The third-order valence-electron chi connectivity index (χ3n) is 4.47. The molecule has 2 aromatic carbocycles. The molecule has 0 aliphatic carbocycles. The highest BCUT2D eigenvalue weighted by Gasteiger charge is 2.24. The van der Waals surface area contributed by atoms with Gasteiger partial charge in [-0.25, -0.2) is 4.68 Å². The Balaban J connectivity index is 1.95. The molecule has 28 heavy (non-hydrogen) atoms. The molecule has 146 valence electrons. The number of ketones is 1. The first-order valence-corrected chi connectivity index (χ1v) is 9.89. The molecule has 0 saturated carbocycles. The van der Waals surface area contributed by atoms with Crippen molar-refractivity contribution in [3.8, 4) is 5.88 Å². The van der Waals surface area contributed by atoms with Crippen LogP contribution in [0.4, 0.5) is 0 Å². The maximum Gasteiger partial charge on any atom is 0.223 e. The smallest absolute Gasteiger partial charge is 0.223 e. The summed E-state index contributed by atoms with van der Waals surface area (Å²) in [5.74, 6) is 0.155. The van der Waals surface area contributed by atoms with Crippen LogP contribution in [0.3, 0.4) is 0 Å². The Kier molecular flexibility index (Phi) is 6.33. The minimum Gasteiger partial charge on any atom is -0.472 e. The summed E-state index contributed by atoms with van der Waals surface area (Å²) >= 11 is 18.6. The number of carbonyl (C=O) groups is 1. The summed E-state index contributed by atoms with van der Waals surface area (Å²) in [5, 5.41) is 5.84. The molecule has 0 aliphatic heterocycles. The lowest BCUT2D eigenvalue weighted by Crippen LogP contribution is -2.09. The lowest BCUT2D eigenvalue weighted by molar-refractivity contribution is 0.103. The number of carbonyl (C=O) groups excluding carboxylic acids is 1. The quantitative estimate of drug-likeness (QED) is 0.426. The molecule has 4 nitrogen and oxygen atoms in total. The fraction of sp³-hybridized carbons (Fsp3) is 0.238. The van der Waals surface area contributed by atoms with Crippen molar-refractivity contribution in [1.82, 2.24) is 9.78 Å². The van der Waals surface area contributed by atoms with Gasteiger partial charge >= 0.3 is 0 Å². The second-order valence-electron chi connectivity index (χ2n) is 6.42. The van der Waals surface area contributed by atoms with Crippen molar-refractivity contribution < 1.29 is 9.53 Å². The molecule has 7 heteroatoms. The largest absolute Gasteiger partial charge is 0.472 e. The average molecular weight is 438 g/mol. The Hall–Kier alpha value is -2.01. The first-order chi connectivity index (χ1) is 13.3. The summed E-state index contributed by atoms with van der Waals surface area (Å²) < 4.78 is 7.60. The van der Waals surface area contributed by atoms with Crippen LogP contribution in [0, 0.1) is 13.8 Å². The SMILES string of the molecule is CCn1ncc(C(=O)c2cc(C)c(Cl)c(C)c2Cl)c1OCc1ccc(Cl)cc1. The maximum absolute atomic E-state index is 13.2. The van der Waals surface area contributed by atoms with Crippen LogP contribution in [-0.4, -0.2) is 15.6 Å². The zero-order valence-corrected chi connectivity index (χ0v) is 18.0. The number of ether oxygens (including phenoxy) is 1. The van der Waals surface area contributed by atoms with Crippen molar-refractivity contribution in [3.63, 3.8) is 0 Å². The van der Waals surface area contributed by atoms with Gasteiger partial charge in [-0.2, -0.15) is 5.10 Å². The van der Waals surface area contributed by atoms with E-state index in [0.717, 1.165) is 11.1 Å². The third kappa shape index (κ3) is 4.04. The van der Waals surface area contributed by atoms with Gasteiger partial charge < -0.3 is 4.74 Å². The number of hydrogen-bond donors (Lipinski definition) is 0. The molecule has 0 N–H and O–H groups in total. The van der Waals surface area contributed by atoms with Crippen molar-refractivity contribution in [2.75, 3.05) is 0 Å². The van der Waals surface area contributed by atoms with Crippen LogP contribution in [0.15, 0.2) is 36.5 Å². The number of aromatic nitrogens is 2. The first kappa shape index (κ1) is 20.7. The lowest BCUT2D eigenvalue weighted by Gasteiger charge is -2.13. The Morgan fingerprint density at radius 2 is 1.75 bits per heavy atom. The van der Waals surface area contributed by atoms with Gasteiger partial charge in [0.25, 0.3) is 0 Å². The van der Waals surface area contributed by atoms with Crippen LogP contribution in [-0.2, 0) is 13.2 Å². The van der Waals surface area contributed by atoms with Crippen LogP contribution < -0.4 is 4.74 Å². The monoisotopic (exact) mass is 436 g/mol. The summed E-state index contributed by atoms with van der Waals surface area (Å²) in [6, 6.07) is 9.04. The van der Waals surface area contributed by atoms with E-state index in [4.69, 9.17) is 39.5 Å². The van der Waals surface area contributed by atoms with Crippen LogP contribution in [0.5, 0.6) is 5.88 Å². The van der Waals surface area contributed by atoms with E-state index in [9.17, 15) is 4.79 Å². The molecule has 0 amide bonds. The minimum absolute atomic E-state index is 0.251. The predicted molar refractivity (Wildman–Crippen MR) is 113 cm³/mol. The average Bonchev–Trinajstić information content (AvgIpc) is 3.11. The van der Waals surface area contributed by atoms with E-state index in [1.807, 2.05) is 26.0 Å². The molecule has 0 fully saturated rings. The highest BCUT2D eigenvalue weighted by atomic mass is 35.5. The van der Waals surface area contributed by atoms with Crippen LogP contribution >= 0.6 is 34.8 Å². The topological polar surface area (TPSA) is 44.1 Å². The van der Waals surface area contributed by atoms with E-state index in [1.165, 1.54) is 6.20 Å². The number of nitrogens with zero attached hydrogens (tertiary/aromatic N) is 2. The molecular formula is C21H19Cl3N2O2. The fourth-order valence-electron chi connectivity index (χ4n) is 2.89. The van der Waals surface area contributed by atoms with E-state index >= 15 is 0 Å². The van der Waals surface area contributed by atoms with E-state index in [0.29, 0.717) is 44.2 Å². The van der Waals surface area contributed by atoms with Crippen molar-refractivity contribution in [1.29, 1.82) is 0 Å². The lowest BCUT2D eigenvalue weighted by atomic mass is 10.0. The number of halogens is 3. The molecule has 0 atom stereocenters. The molecule has 0 unspecified atom stereocenters. The zero-order chi connectivity index (χ0) is 20.4. The van der Waals surface area contributed by atoms with Gasteiger partial charge in [0.15, 0.2) is 0 Å². The van der Waals surface area contributed by atoms with Crippen molar-refractivity contribution in [3.05, 3.63) is 79.4 Å². The number of aryl methyl sites for hydroxylation is 2. The summed E-state index contributed by atoms with van der Waals surface area (Å²) in [6.45, 7) is 6.42. The molecule has 0 aliphatic rings. The van der Waals surface area contributed by atoms with Crippen LogP contribution in [0.1, 0.15) is 39.5 Å². The summed E-state index contributed by atoms with van der Waals surface area (Å²) in [5.41, 5.74) is 3.14. The summed E-state index contributed by atoms with van der Waals surface area (Å²) in [4.78, 5) is 13.2. The summed E-state index contributed by atoms with van der Waals surface area (Å²) in [7, 11) is 0. The molecule has 0 radical (unpaired) electrons. The molecular weight excluding hydrogens is 419 g/mol. The Morgan fingerprint density at radius 3 is 2.39 bits per heavy atom. The number of rotatable bonds is 6. The van der Waals surface area contributed by atoms with Crippen molar-refractivity contribution in [2.45, 2.75) is 33.9 Å². The Morgan fingerprint density at radius 1 is 1.07 bits per heavy atom. The van der Waals surface area contributed by atoms with Crippen molar-refractivity contribution in [2.24, 2.45) is 0 Å². The van der Waals surface area contributed by atoms with Gasteiger partial charge in [0.05, 0.1) is 11.2 Å².